The number of aromatic nitrogens is 2. The molecule has 0 saturated carbocycles. The van der Waals surface area contributed by atoms with Crippen LogP contribution in [0.4, 0.5) is 0 Å². The van der Waals surface area contributed by atoms with Crippen molar-refractivity contribution in [1.82, 2.24) is 14.9 Å². The third-order valence-corrected chi connectivity index (χ3v) is 5.71. The maximum absolute atomic E-state index is 12.3. The molecule has 4 N–H and O–H groups in total. The zero-order chi connectivity index (χ0) is 19.6. The lowest BCUT2D eigenvalue weighted by atomic mass is 10.1. The van der Waals surface area contributed by atoms with Crippen molar-refractivity contribution in [2.75, 3.05) is 6.54 Å². The molecule has 0 bridgehead atoms. The SMILES string of the molecule is NS(=O)(=O)c1ccc(CCNC(=O)Cn2c(=O)[nH]c3ccsc3c2=O)cc1. The van der Waals surface area contributed by atoms with Gasteiger partial charge in [0, 0.05) is 6.54 Å². The number of rotatable bonds is 6. The number of nitrogens with zero attached hydrogens (tertiary/aromatic N) is 1. The van der Waals surface area contributed by atoms with Gasteiger partial charge in [-0.15, -0.1) is 11.3 Å². The van der Waals surface area contributed by atoms with Crippen LogP contribution in [0.15, 0.2) is 50.2 Å². The number of carbonyl (C=O) groups excluding carboxylic acids is 1. The highest BCUT2D eigenvalue weighted by molar-refractivity contribution is 7.89. The van der Waals surface area contributed by atoms with Crippen molar-refractivity contribution in [3.05, 3.63) is 62.1 Å². The Morgan fingerprint density at radius 1 is 1.19 bits per heavy atom. The predicted octanol–water partition coefficient (Wildman–Crippen LogP) is -0.242. The number of hydrogen-bond donors (Lipinski definition) is 3. The van der Waals surface area contributed by atoms with Crippen molar-refractivity contribution in [3.8, 4) is 0 Å². The van der Waals surface area contributed by atoms with Crippen LogP contribution in [0.5, 0.6) is 0 Å². The summed E-state index contributed by atoms with van der Waals surface area (Å²) in [7, 11) is -3.74. The molecule has 0 aliphatic heterocycles. The lowest BCUT2D eigenvalue weighted by Gasteiger charge is -2.07. The monoisotopic (exact) mass is 408 g/mol. The van der Waals surface area contributed by atoms with Crippen molar-refractivity contribution in [2.45, 2.75) is 17.9 Å². The number of fused-ring (bicyclic) bond motifs is 1. The first-order chi connectivity index (χ1) is 12.8. The average Bonchev–Trinajstić information content (AvgIpc) is 3.07. The molecule has 1 amide bonds. The first-order valence-corrected chi connectivity index (χ1v) is 10.3. The van der Waals surface area contributed by atoms with Crippen LogP contribution in [0.1, 0.15) is 5.56 Å². The van der Waals surface area contributed by atoms with Crippen LogP contribution in [-0.4, -0.2) is 30.4 Å². The Bertz CT molecular complexity index is 1210. The second-order valence-corrected chi connectivity index (χ2v) is 8.25. The number of H-pyrrole nitrogens is 1. The molecule has 0 radical (unpaired) electrons. The Kier molecular flexibility index (Phi) is 5.26. The number of nitrogens with one attached hydrogen (secondary N) is 2. The summed E-state index contributed by atoms with van der Waals surface area (Å²) in [6.45, 7) is -0.117. The molecule has 3 aromatic rings. The third-order valence-electron chi connectivity index (χ3n) is 3.88. The third kappa shape index (κ3) is 4.32. The Labute approximate surface area is 157 Å². The molecular formula is C16H16N4O5S2. The maximum Gasteiger partial charge on any atom is 0.329 e. The second kappa shape index (κ2) is 7.47. The molecule has 9 nitrogen and oxygen atoms in total. The highest BCUT2D eigenvalue weighted by Crippen LogP contribution is 2.12. The lowest BCUT2D eigenvalue weighted by molar-refractivity contribution is -0.121. The number of sulfonamides is 1. The zero-order valence-corrected chi connectivity index (χ0v) is 15.6. The van der Waals surface area contributed by atoms with Crippen molar-refractivity contribution >= 4 is 37.5 Å². The summed E-state index contributed by atoms with van der Waals surface area (Å²) >= 11 is 1.19. The summed E-state index contributed by atoms with van der Waals surface area (Å²) < 4.78 is 23.7. The molecule has 2 aromatic heterocycles. The molecule has 0 atom stereocenters. The van der Waals surface area contributed by atoms with Crippen LogP contribution in [0, 0.1) is 0 Å². The van der Waals surface area contributed by atoms with Gasteiger partial charge in [0.2, 0.25) is 15.9 Å². The summed E-state index contributed by atoms with van der Waals surface area (Å²) in [6.07, 6.45) is 0.450. The molecule has 0 aliphatic carbocycles. The average molecular weight is 408 g/mol. The zero-order valence-electron chi connectivity index (χ0n) is 14.0. The van der Waals surface area contributed by atoms with Crippen LogP contribution in [0.3, 0.4) is 0 Å². The number of thiophene rings is 1. The Morgan fingerprint density at radius 2 is 1.89 bits per heavy atom. The van der Waals surface area contributed by atoms with Crippen LogP contribution in [-0.2, 0) is 27.8 Å². The summed E-state index contributed by atoms with van der Waals surface area (Å²) in [5.74, 6) is -0.473. The number of hydrogen-bond acceptors (Lipinski definition) is 6. The van der Waals surface area contributed by atoms with Gasteiger partial charge in [0.05, 0.1) is 10.4 Å². The van der Waals surface area contributed by atoms with Gasteiger partial charge in [-0.1, -0.05) is 12.1 Å². The topological polar surface area (TPSA) is 144 Å². The van der Waals surface area contributed by atoms with E-state index in [4.69, 9.17) is 5.14 Å². The minimum atomic E-state index is -3.74. The van der Waals surface area contributed by atoms with E-state index in [0.717, 1.165) is 10.1 Å². The number of nitrogens with two attached hydrogens (primary N) is 1. The highest BCUT2D eigenvalue weighted by atomic mass is 32.2. The van der Waals surface area contributed by atoms with Gasteiger partial charge >= 0.3 is 5.69 Å². The van der Waals surface area contributed by atoms with E-state index < -0.39 is 27.2 Å². The normalized spacial score (nSPS) is 11.6. The Hall–Kier alpha value is -2.76. The largest absolute Gasteiger partial charge is 0.354 e. The molecule has 0 fully saturated rings. The van der Waals surface area contributed by atoms with Crippen molar-refractivity contribution in [2.24, 2.45) is 5.14 Å². The molecule has 0 unspecified atom stereocenters. The summed E-state index contributed by atoms with van der Waals surface area (Å²) in [5, 5.41) is 9.35. The number of amides is 1. The van der Waals surface area contributed by atoms with E-state index in [0.29, 0.717) is 16.6 Å². The molecule has 1 aromatic carbocycles. The van der Waals surface area contributed by atoms with E-state index in [1.165, 1.54) is 23.5 Å². The van der Waals surface area contributed by atoms with Gasteiger partial charge in [0.25, 0.3) is 5.56 Å². The van der Waals surface area contributed by atoms with Gasteiger partial charge in [-0.25, -0.2) is 22.9 Å². The predicted molar refractivity (Wildman–Crippen MR) is 101 cm³/mol. The lowest BCUT2D eigenvalue weighted by Crippen LogP contribution is -2.40. The van der Waals surface area contributed by atoms with Gasteiger partial charge in [-0.3, -0.25) is 9.59 Å². The van der Waals surface area contributed by atoms with Crippen molar-refractivity contribution in [1.29, 1.82) is 0 Å². The Morgan fingerprint density at radius 3 is 2.56 bits per heavy atom. The van der Waals surface area contributed by atoms with Crippen molar-refractivity contribution in [3.63, 3.8) is 0 Å². The van der Waals surface area contributed by atoms with Gasteiger partial charge in [0.15, 0.2) is 0 Å². The first-order valence-electron chi connectivity index (χ1n) is 7.84. The van der Waals surface area contributed by atoms with E-state index in [9.17, 15) is 22.8 Å². The van der Waals surface area contributed by atoms with Gasteiger partial charge in [0.1, 0.15) is 11.2 Å². The summed E-state index contributed by atoms with van der Waals surface area (Å²) in [6, 6.07) is 7.62. The van der Waals surface area contributed by atoms with Gasteiger partial charge in [-0.05, 0) is 35.6 Å². The van der Waals surface area contributed by atoms with Crippen LogP contribution < -0.4 is 21.7 Å². The molecule has 3 rings (SSSR count). The second-order valence-electron chi connectivity index (χ2n) is 5.77. The fraction of sp³-hybridized carbons (Fsp3) is 0.188. The van der Waals surface area contributed by atoms with E-state index >= 15 is 0 Å². The van der Waals surface area contributed by atoms with Gasteiger partial charge < -0.3 is 10.3 Å². The quantitative estimate of drug-likeness (QED) is 0.515. The van der Waals surface area contributed by atoms with E-state index in [2.05, 4.69) is 10.3 Å². The minimum Gasteiger partial charge on any atom is -0.354 e. The van der Waals surface area contributed by atoms with E-state index in [1.54, 1.807) is 23.6 Å². The first kappa shape index (κ1) is 19.0. The standard InChI is InChI=1S/C16H16N4O5S2/c17-27(24,25)11-3-1-10(2-4-11)5-7-18-13(21)9-20-15(22)14-12(6-8-26-14)19-16(20)23/h1-4,6,8H,5,7,9H2,(H,18,21)(H,19,23)(H2,17,24,25). The fourth-order valence-corrected chi connectivity index (χ4v) is 3.82. The minimum absolute atomic E-state index is 0.0119. The molecule has 27 heavy (non-hydrogen) atoms. The molecule has 0 spiro atoms. The fourth-order valence-electron chi connectivity index (χ4n) is 2.51. The van der Waals surface area contributed by atoms with Crippen LogP contribution in [0.2, 0.25) is 0 Å². The van der Waals surface area contributed by atoms with E-state index in [-0.39, 0.29) is 18.0 Å². The van der Waals surface area contributed by atoms with Crippen LogP contribution in [0.25, 0.3) is 10.2 Å². The summed E-state index contributed by atoms with van der Waals surface area (Å²) in [5.41, 5.74) is 0.115. The van der Waals surface area contributed by atoms with Crippen LogP contribution >= 0.6 is 11.3 Å². The molecule has 142 valence electrons. The highest BCUT2D eigenvalue weighted by Gasteiger charge is 2.12. The van der Waals surface area contributed by atoms with Crippen molar-refractivity contribution < 1.29 is 13.2 Å². The molecule has 2 heterocycles. The number of aromatic amines is 1. The van der Waals surface area contributed by atoms with Gasteiger partial charge in [-0.2, -0.15) is 0 Å². The Balaban J connectivity index is 1.61. The number of primary sulfonamides is 1. The molecule has 11 heteroatoms. The number of benzene rings is 1. The molecule has 0 saturated heterocycles. The number of carbonyl (C=O) groups is 1. The smallest absolute Gasteiger partial charge is 0.329 e. The molecular weight excluding hydrogens is 392 g/mol. The maximum atomic E-state index is 12.3. The summed E-state index contributed by atoms with van der Waals surface area (Å²) in [4.78, 5) is 38.9. The van der Waals surface area contributed by atoms with E-state index in [1.807, 2.05) is 0 Å². The molecule has 0 aliphatic rings.